The average molecular weight is 325 g/mol. The molecule has 116 valence electrons. The molecule has 8 heteroatoms. The summed E-state index contributed by atoms with van der Waals surface area (Å²) in [5.74, 6) is -4.19. The Balaban J connectivity index is 1.76. The maximum atomic E-state index is 13.4. The Labute approximate surface area is 129 Å². The number of nitrogens with zero attached hydrogens (tertiary/aromatic N) is 3. The molecule has 0 saturated carbocycles. The van der Waals surface area contributed by atoms with E-state index in [2.05, 4.69) is 9.97 Å². The quantitative estimate of drug-likeness (QED) is 0.935. The van der Waals surface area contributed by atoms with Crippen LogP contribution in [0.4, 0.5) is 8.78 Å². The summed E-state index contributed by atoms with van der Waals surface area (Å²) in [6.07, 6.45) is 0.997. The first-order valence-electron chi connectivity index (χ1n) is 6.65. The van der Waals surface area contributed by atoms with E-state index in [0.717, 1.165) is 0 Å². The van der Waals surface area contributed by atoms with Crippen molar-refractivity contribution in [1.82, 2.24) is 14.9 Å². The van der Waals surface area contributed by atoms with Crippen LogP contribution in [0.3, 0.4) is 0 Å². The monoisotopic (exact) mass is 325 g/mol. The Kier molecular flexibility index (Phi) is 3.88. The normalized spacial score (nSPS) is 21.1. The fourth-order valence-electron chi connectivity index (χ4n) is 2.49. The molecule has 22 heavy (non-hydrogen) atoms. The van der Waals surface area contributed by atoms with E-state index < -0.39 is 30.9 Å². The van der Waals surface area contributed by atoms with Crippen LogP contribution in [0.15, 0.2) is 29.8 Å². The van der Waals surface area contributed by atoms with Gasteiger partial charge < -0.3 is 5.11 Å². The largest absolute Gasteiger partial charge is 0.480 e. The number of thiazole rings is 1. The molecule has 1 atom stereocenters. The topological polar surface area (TPSA) is 66.3 Å². The standard InChI is InChI=1S/C14H13F2N3O2S/c15-14(16)5-11(13(20)21)19(8-14)6-9-7-22-12(18-9)10-3-1-2-4-17-10/h1-4,7,11H,5-6,8H2,(H,20,21)/t11-/m1/s1. The summed E-state index contributed by atoms with van der Waals surface area (Å²) in [6.45, 7) is -0.462. The number of carboxylic acid groups (broad SMARTS) is 1. The van der Waals surface area contributed by atoms with Crippen LogP contribution in [0.2, 0.25) is 0 Å². The van der Waals surface area contributed by atoms with Crippen molar-refractivity contribution in [1.29, 1.82) is 0 Å². The third-order valence-electron chi connectivity index (χ3n) is 3.45. The molecule has 0 spiro atoms. The second-order valence-electron chi connectivity index (χ2n) is 5.18. The molecule has 1 saturated heterocycles. The van der Waals surface area contributed by atoms with Crippen LogP contribution in [0, 0.1) is 0 Å². The van der Waals surface area contributed by atoms with Gasteiger partial charge in [-0.2, -0.15) is 0 Å². The van der Waals surface area contributed by atoms with Crippen molar-refractivity contribution < 1.29 is 18.7 Å². The lowest BCUT2D eigenvalue weighted by Crippen LogP contribution is -2.35. The van der Waals surface area contributed by atoms with Crippen molar-refractivity contribution in [3.8, 4) is 10.7 Å². The summed E-state index contributed by atoms with van der Waals surface area (Å²) in [5.41, 5.74) is 1.29. The summed E-state index contributed by atoms with van der Waals surface area (Å²) in [7, 11) is 0. The number of hydrogen-bond donors (Lipinski definition) is 1. The summed E-state index contributed by atoms with van der Waals surface area (Å²) >= 11 is 1.36. The molecule has 5 nitrogen and oxygen atoms in total. The molecule has 3 heterocycles. The van der Waals surface area contributed by atoms with Crippen LogP contribution >= 0.6 is 11.3 Å². The number of rotatable bonds is 4. The van der Waals surface area contributed by atoms with Gasteiger partial charge >= 0.3 is 5.97 Å². The van der Waals surface area contributed by atoms with Gasteiger partial charge in [0.25, 0.3) is 5.92 Å². The van der Waals surface area contributed by atoms with Crippen molar-refractivity contribution in [3.05, 3.63) is 35.5 Å². The highest BCUT2D eigenvalue weighted by Gasteiger charge is 2.48. The van der Waals surface area contributed by atoms with Crippen LogP contribution in [-0.2, 0) is 11.3 Å². The Morgan fingerprint density at radius 3 is 3.00 bits per heavy atom. The SMILES string of the molecule is O=C(O)[C@H]1CC(F)(F)CN1Cc1csc(-c2ccccn2)n1. The van der Waals surface area contributed by atoms with Crippen LogP contribution in [0.25, 0.3) is 10.7 Å². The van der Waals surface area contributed by atoms with Gasteiger partial charge in [0, 0.05) is 24.5 Å². The average Bonchev–Trinajstić information content (AvgIpc) is 3.04. The summed E-state index contributed by atoms with van der Waals surface area (Å²) in [4.78, 5) is 20.9. The molecule has 0 radical (unpaired) electrons. The predicted molar refractivity (Wildman–Crippen MR) is 76.7 cm³/mol. The van der Waals surface area contributed by atoms with Gasteiger partial charge in [-0.25, -0.2) is 13.8 Å². The van der Waals surface area contributed by atoms with Gasteiger partial charge in [-0.3, -0.25) is 14.7 Å². The summed E-state index contributed by atoms with van der Waals surface area (Å²) in [5, 5.41) is 11.5. The van der Waals surface area contributed by atoms with E-state index in [1.54, 1.807) is 17.6 Å². The van der Waals surface area contributed by atoms with E-state index in [4.69, 9.17) is 5.11 Å². The number of hydrogen-bond acceptors (Lipinski definition) is 5. The molecule has 1 N–H and O–H groups in total. The predicted octanol–water partition coefficient (Wildman–Crippen LogP) is 2.50. The zero-order valence-electron chi connectivity index (χ0n) is 11.4. The molecule has 3 rings (SSSR count). The van der Waals surface area contributed by atoms with Crippen molar-refractivity contribution in [2.24, 2.45) is 0 Å². The van der Waals surface area contributed by atoms with Gasteiger partial charge in [-0.1, -0.05) is 6.07 Å². The number of likely N-dealkylation sites (tertiary alicyclic amines) is 1. The number of carbonyl (C=O) groups is 1. The van der Waals surface area contributed by atoms with Crippen LogP contribution in [-0.4, -0.2) is 44.5 Å². The smallest absolute Gasteiger partial charge is 0.321 e. The third kappa shape index (κ3) is 3.12. The number of alkyl halides is 2. The first-order chi connectivity index (χ1) is 10.4. The lowest BCUT2D eigenvalue weighted by atomic mass is 10.2. The summed E-state index contributed by atoms with van der Waals surface area (Å²) < 4.78 is 26.9. The van der Waals surface area contributed by atoms with Gasteiger partial charge in [0.2, 0.25) is 0 Å². The van der Waals surface area contributed by atoms with E-state index in [9.17, 15) is 13.6 Å². The maximum absolute atomic E-state index is 13.4. The maximum Gasteiger partial charge on any atom is 0.321 e. The molecule has 1 fully saturated rings. The Bertz CT molecular complexity index is 678. The lowest BCUT2D eigenvalue weighted by molar-refractivity contribution is -0.142. The van der Waals surface area contributed by atoms with Gasteiger partial charge in [-0.15, -0.1) is 11.3 Å². The van der Waals surface area contributed by atoms with Crippen molar-refractivity contribution in [2.45, 2.75) is 24.9 Å². The zero-order chi connectivity index (χ0) is 15.7. The number of halogens is 2. The molecule has 2 aromatic rings. The molecular formula is C14H13F2N3O2S. The fourth-order valence-corrected chi connectivity index (χ4v) is 3.27. The summed E-state index contributed by atoms with van der Waals surface area (Å²) in [6, 6.07) is 4.27. The molecule has 0 unspecified atom stereocenters. The van der Waals surface area contributed by atoms with E-state index >= 15 is 0 Å². The first kappa shape index (κ1) is 15.0. The zero-order valence-corrected chi connectivity index (χ0v) is 12.3. The van der Waals surface area contributed by atoms with E-state index in [-0.39, 0.29) is 6.54 Å². The van der Waals surface area contributed by atoms with E-state index in [0.29, 0.717) is 16.4 Å². The van der Waals surface area contributed by atoms with Gasteiger partial charge in [-0.05, 0) is 12.1 Å². The fraction of sp³-hybridized carbons (Fsp3) is 0.357. The highest BCUT2D eigenvalue weighted by molar-refractivity contribution is 7.13. The van der Waals surface area contributed by atoms with Crippen LogP contribution in [0.1, 0.15) is 12.1 Å². The highest BCUT2D eigenvalue weighted by Crippen LogP contribution is 2.33. The molecule has 0 bridgehead atoms. The minimum absolute atomic E-state index is 0.0931. The second kappa shape index (κ2) is 5.69. The molecule has 1 aliphatic rings. The van der Waals surface area contributed by atoms with Crippen molar-refractivity contribution in [2.75, 3.05) is 6.54 Å². The van der Waals surface area contributed by atoms with Crippen molar-refractivity contribution in [3.63, 3.8) is 0 Å². The molecule has 0 amide bonds. The second-order valence-corrected chi connectivity index (χ2v) is 6.04. The Morgan fingerprint density at radius 1 is 1.50 bits per heavy atom. The van der Waals surface area contributed by atoms with Crippen LogP contribution in [0.5, 0.6) is 0 Å². The van der Waals surface area contributed by atoms with Gasteiger partial charge in [0.1, 0.15) is 11.0 Å². The van der Waals surface area contributed by atoms with Crippen LogP contribution < -0.4 is 0 Å². The molecule has 0 aromatic carbocycles. The Hall–Kier alpha value is -1.93. The van der Waals surface area contributed by atoms with Gasteiger partial charge in [0.05, 0.1) is 17.9 Å². The third-order valence-corrected chi connectivity index (χ3v) is 4.37. The number of aliphatic carboxylic acids is 1. The molecular weight excluding hydrogens is 312 g/mol. The highest BCUT2D eigenvalue weighted by atomic mass is 32.1. The molecule has 1 aliphatic heterocycles. The van der Waals surface area contributed by atoms with E-state index in [1.165, 1.54) is 16.2 Å². The minimum Gasteiger partial charge on any atom is -0.480 e. The Morgan fingerprint density at radius 2 is 2.32 bits per heavy atom. The number of pyridine rings is 1. The van der Waals surface area contributed by atoms with Crippen molar-refractivity contribution >= 4 is 17.3 Å². The molecule has 2 aromatic heterocycles. The lowest BCUT2D eigenvalue weighted by Gasteiger charge is -2.18. The number of aromatic nitrogens is 2. The number of carboxylic acids is 1. The van der Waals surface area contributed by atoms with E-state index in [1.807, 2.05) is 12.1 Å². The van der Waals surface area contributed by atoms with Gasteiger partial charge in [0.15, 0.2) is 0 Å². The minimum atomic E-state index is -2.97. The molecule has 0 aliphatic carbocycles. The first-order valence-corrected chi connectivity index (χ1v) is 7.53.